The molecule has 144 valence electrons. The number of fused-ring (bicyclic) bond motifs is 3. The van der Waals surface area contributed by atoms with Gasteiger partial charge < -0.3 is 15.4 Å². The van der Waals surface area contributed by atoms with Gasteiger partial charge in [0, 0.05) is 11.8 Å². The van der Waals surface area contributed by atoms with Crippen LogP contribution in [-0.4, -0.2) is 32.7 Å². The minimum Gasteiger partial charge on any atom is -0.488 e. The van der Waals surface area contributed by atoms with Crippen molar-refractivity contribution in [3.63, 3.8) is 0 Å². The van der Waals surface area contributed by atoms with Crippen LogP contribution in [0, 0.1) is 5.82 Å². The van der Waals surface area contributed by atoms with E-state index < -0.39 is 0 Å². The van der Waals surface area contributed by atoms with Crippen molar-refractivity contribution in [3.05, 3.63) is 53.6 Å². The molecule has 0 spiro atoms. The van der Waals surface area contributed by atoms with E-state index in [0.29, 0.717) is 28.3 Å². The molecule has 1 aliphatic carbocycles. The number of halogens is 1. The van der Waals surface area contributed by atoms with Gasteiger partial charge in [0.1, 0.15) is 29.1 Å². The lowest BCUT2D eigenvalue weighted by Gasteiger charge is -2.25. The first-order chi connectivity index (χ1) is 13.6. The monoisotopic (exact) mass is 381 g/mol. The van der Waals surface area contributed by atoms with Crippen molar-refractivity contribution in [2.75, 3.05) is 5.32 Å². The highest BCUT2D eigenvalue weighted by molar-refractivity contribution is 6.00. The molecule has 1 aliphatic heterocycles. The fraction of sp³-hybridized carbons (Fsp3) is 0.350. The number of nitrogens with one attached hydrogen (secondary N) is 2. The number of carbonyl (C=O) groups is 1. The maximum absolute atomic E-state index is 14.0. The number of benzene rings is 1. The van der Waals surface area contributed by atoms with Gasteiger partial charge in [0.15, 0.2) is 5.65 Å². The van der Waals surface area contributed by atoms with Crippen molar-refractivity contribution in [1.29, 1.82) is 0 Å². The third kappa shape index (κ3) is 2.85. The number of aromatic nitrogens is 3. The standard InChI is InChI=1S/C20H20FN5O2/c1-11-13-9-12(21)5-6-16(13)28-17-4-2-3-15(17)24-20(27)14-10-22-26-8-7-18(23-11)25-19(14)26/h5-11,15,17H,2-4H2,1H3,(H,23,25)(H,24,27)/t11-,15+,17+/m1/s1. The van der Waals surface area contributed by atoms with E-state index in [4.69, 9.17) is 4.74 Å². The SMILES string of the molecule is C[C@H]1Nc2ccn3ncc(c3n2)C(=O)N[C@H]2CCC[C@@H]2Oc2ccc(F)cc21. The number of anilines is 1. The fourth-order valence-electron chi connectivity index (χ4n) is 4.02. The largest absolute Gasteiger partial charge is 0.488 e. The van der Waals surface area contributed by atoms with Gasteiger partial charge in [0.05, 0.1) is 18.3 Å². The average molecular weight is 381 g/mol. The number of hydrogen-bond donors (Lipinski definition) is 2. The highest BCUT2D eigenvalue weighted by Crippen LogP contribution is 2.33. The van der Waals surface area contributed by atoms with E-state index in [-0.39, 0.29) is 29.9 Å². The van der Waals surface area contributed by atoms with Gasteiger partial charge in [-0.2, -0.15) is 5.10 Å². The van der Waals surface area contributed by atoms with Crippen LogP contribution >= 0.6 is 0 Å². The Balaban J connectivity index is 1.64. The molecule has 0 radical (unpaired) electrons. The van der Waals surface area contributed by atoms with Gasteiger partial charge in [-0.3, -0.25) is 4.79 Å². The lowest BCUT2D eigenvalue weighted by atomic mass is 10.1. The molecule has 1 saturated carbocycles. The lowest BCUT2D eigenvalue weighted by molar-refractivity contribution is 0.0894. The zero-order valence-electron chi connectivity index (χ0n) is 15.4. The van der Waals surface area contributed by atoms with Gasteiger partial charge >= 0.3 is 0 Å². The van der Waals surface area contributed by atoms with Gasteiger partial charge in [-0.15, -0.1) is 0 Å². The number of carbonyl (C=O) groups excluding carboxylic acids is 1. The molecular formula is C20H20FN5O2. The number of hydrogen-bond acceptors (Lipinski definition) is 5. The van der Waals surface area contributed by atoms with E-state index >= 15 is 0 Å². The Morgan fingerprint density at radius 1 is 1.25 bits per heavy atom. The van der Waals surface area contributed by atoms with E-state index in [1.807, 2.05) is 6.92 Å². The summed E-state index contributed by atoms with van der Waals surface area (Å²) in [6.07, 6.45) is 5.73. The van der Waals surface area contributed by atoms with Crippen molar-refractivity contribution in [3.8, 4) is 5.75 Å². The van der Waals surface area contributed by atoms with E-state index in [1.54, 1.807) is 22.8 Å². The molecular weight excluding hydrogens is 361 g/mol. The molecule has 5 rings (SSSR count). The summed E-state index contributed by atoms with van der Waals surface area (Å²) in [5, 5.41) is 10.6. The third-order valence-corrected chi connectivity index (χ3v) is 5.46. The maximum atomic E-state index is 14.0. The molecule has 8 heteroatoms. The summed E-state index contributed by atoms with van der Waals surface area (Å²) in [7, 11) is 0. The van der Waals surface area contributed by atoms with Crippen LogP contribution in [0.2, 0.25) is 0 Å². The Hall–Kier alpha value is -3.16. The van der Waals surface area contributed by atoms with Gasteiger partial charge in [0.2, 0.25) is 0 Å². The predicted octanol–water partition coefficient (Wildman–Crippen LogP) is 3.08. The van der Waals surface area contributed by atoms with Crippen LogP contribution in [0.5, 0.6) is 5.75 Å². The Morgan fingerprint density at radius 2 is 2.14 bits per heavy atom. The quantitative estimate of drug-likeness (QED) is 0.626. The summed E-state index contributed by atoms with van der Waals surface area (Å²) in [6.45, 7) is 1.93. The van der Waals surface area contributed by atoms with E-state index in [2.05, 4.69) is 20.7 Å². The van der Waals surface area contributed by atoms with Crippen molar-refractivity contribution in [2.45, 2.75) is 44.4 Å². The minimum absolute atomic E-state index is 0.118. The molecule has 0 saturated heterocycles. The first-order valence-corrected chi connectivity index (χ1v) is 9.46. The van der Waals surface area contributed by atoms with Crippen molar-refractivity contribution >= 4 is 17.4 Å². The summed E-state index contributed by atoms with van der Waals surface area (Å²) in [5.41, 5.74) is 1.61. The normalized spacial score (nSPS) is 24.2. The topological polar surface area (TPSA) is 80.5 Å². The molecule has 1 aromatic carbocycles. The molecule has 2 bridgehead atoms. The summed E-state index contributed by atoms with van der Waals surface area (Å²) in [5.74, 6) is 0.657. The van der Waals surface area contributed by atoms with Gasteiger partial charge in [0.25, 0.3) is 5.91 Å². The zero-order valence-corrected chi connectivity index (χ0v) is 15.4. The number of rotatable bonds is 0. The summed E-state index contributed by atoms with van der Waals surface area (Å²) in [6, 6.07) is 5.95. The maximum Gasteiger partial charge on any atom is 0.257 e. The molecule has 2 aromatic heterocycles. The van der Waals surface area contributed by atoms with Crippen LogP contribution in [0.4, 0.5) is 10.2 Å². The van der Waals surface area contributed by atoms with Gasteiger partial charge in [-0.05, 0) is 50.5 Å². The Bertz CT molecular complexity index is 1070. The zero-order chi connectivity index (χ0) is 19.3. The molecule has 7 nitrogen and oxygen atoms in total. The van der Waals surface area contributed by atoms with Crippen LogP contribution in [0.15, 0.2) is 36.7 Å². The second-order valence-electron chi connectivity index (χ2n) is 7.35. The van der Waals surface area contributed by atoms with E-state index in [1.165, 1.54) is 18.3 Å². The molecule has 3 atom stereocenters. The summed E-state index contributed by atoms with van der Waals surface area (Å²) < 4.78 is 21.8. The van der Waals surface area contributed by atoms with Gasteiger partial charge in [-0.1, -0.05) is 0 Å². The first-order valence-electron chi connectivity index (χ1n) is 9.46. The predicted molar refractivity (Wildman–Crippen MR) is 101 cm³/mol. The third-order valence-electron chi connectivity index (χ3n) is 5.46. The molecule has 28 heavy (non-hydrogen) atoms. The molecule has 3 aromatic rings. The second kappa shape index (κ2) is 6.47. The Kier molecular flexibility index (Phi) is 3.92. The van der Waals surface area contributed by atoms with Crippen LogP contribution in [0.1, 0.15) is 48.1 Å². The molecule has 0 unspecified atom stereocenters. The van der Waals surface area contributed by atoms with Crippen molar-refractivity contribution in [1.82, 2.24) is 19.9 Å². The summed E-state index contributed by atoms with van der Waals surface area (Å²) in [4.78, 5) is 17.4. The molecule has 1 amide bonds. The van der Waals surface area contributed by atoms with Crippen LogP contribution in [-0.2, 0) is 0 Å². The van der Waals surface area contributed by atoms with Crippen LogP contribution < -0.4 is 15.4 Å². The number of ether oxygens (including phenoxy) is 1. The molecule has 3 heterocycles. The molecule has 2 N–H and O–H groups in total. The van der Waals surface area contributed by atoms with Crippen LogP contribution in [0.25, 0.3) is 5.65 Å². The average Bonchev–Trinajstić information content (AvgIpc) is 3.29. The van der Waals surface area contributed by atoms with E-state index in [9.17, 15) is 9.18 Å². The number of nitrogens with zero attached hydrogens (tertiary/aromatic N) is 3. The van der Waals surface area contributed by atoms with E-state index in [0.717, 1.165) is 19.3 Å². The number of amides is 1. The Morgan fingerprint density at radius 3 is 3.04 bits per heavy atom. The van der Waals surface area contributed by atoms with Crippen molar-refractivity contribution in [2.24, 2.45) is 0 Å². The second-order valence-corrected chi connectivity index (χ2v) is 7.35. The summed E-state index contributed by atoms with van der Waals surface area (Å²) >= 11 is 0. The Labute approximate surface area is 160 Å². The van der Waals surface area contributed by atoms with Crippen LogP contribution in [0.3, 0.4) is 0 Å². The first kappa shape index (κ1) is 17.0. The highest BCUT2D eigenvalue weighted by Gasteiger charge is 2.32. The fourth-order valence-corrected chi connectivity index (χ4v) is 4.02. The molecule has 1 fully saturated rings. The molecule has 2 aliphatic rings. The smallest absolute Gasteiger partial charge is 0.257 e. The van der Waals surface area contributed by atoms with Gasteiger partial charge in [-0.25, -0.2) is 13.9 Å². The van der Waals surface area contributed by atoms with Crippen molar-refractivity contribution < 1.29 is 13.9 Å². The highest BCUT2D eigenvalue weighted by atomic mass is 19.1. The lowest BCUT2D eigenvalue weighted by Crippen LogP contribution is -2.42. The minimum atomic E-state index is -0.321.